The summed E-state index contributed by atoms with van der Waals surface area (Å²) in [6, 6.07) is 4.78. The summed E-state index contributed by atoms with van der Waals surface area (Å²) in [5.74, 6) is 3.81. The van der Waals surface area contributed by atoms with Crippen molar-refractivity contribution >= 4 is 47.9 Å². The molecular formula is C22H28S4. The van der Waals surface area contributed by atoms with Crippen LogP contribution in [0.15, 0.2) is 22.9 Å². The molecule has 4 heteroatoms. The maximum absolute atomic E-state index is 4.53. The third kappa shape index (κ3) is 2.77. The van der Waals surface area contributed by atoms with E-state index in [2.05, 4.69) is 48.2 Å². The second kappa shape index (κ2) is 6.86. The Hall–Kier alpha value is 0.1000. The molecule has 0 unspecified atom stereocenters. The highest BCUT2D eigenvalue weighted by molar-refractivity contribution is 7.80. The predicted molar refractivity (Wildman–Crippen MR) is 122 cm³/mol. The van der Waals surface area contributed by atoms with Crippen LogP contribution in [0.3, 0.4) is 0 Å². The number of thiophene rings is 2. The van der Waals surface area contributed by atoms with Crippen molar-refractivity contribution in [3.63, 3.8) is 0 Å². The van der Waals surface area contributed by atoms with Crippen LogP contribution in [0, 0.1) is 11.8 Å². The van der Waals surface area contributed by atoms with Crippen molar-refractivity contribution in [3.05, 3.63) is 43.8 Å². The van der Waals surface area contributed by atoms with E-state index in [4.69, 9.17) is 0 Å². The van der Waals surface area contributed by atoms with Crippen molar-refractivity contribution in [1.29, 1.82) is 0 Å². The summed E-state index contributed by atoms with van der Waals surface area (Å²) >= 11 is 13.2. The minimum atomic E-state index is 0.457. The predicted octanol–water partition coefficient (Wildman–Crippen LogP) is 6.54. The van der Waals surface area contributed by atoms with Gasteiger partial charge in [-0.1, -0.05) is 0 Å². The Morgan fingerprint density at radius 1 is 0.808 bits per heavy atom. The maximum Gasteiger partial charge on any atom is 0.0140 e. The van der Waals surface area contributed by atoms with Crippen molar-refractivity contribution in [3.8, 4) is 0 Å². The highest BCUT2D eigenvalue weighted by Gasteiger charge is 2.60. The van der Waals surface area contributed by atoms with Gasteiger partial charge in [0, 0.05) is 20.6 Å². The molecule has 0 radical (unpaired) electrons. The van der Waals surface area contributed by atoms with Gasteiger partial charge in [-0.05, 0) is 109 Å². The van der Waals surface area contributed by atoms with Gasteiger partial charge in [0.15, 0.2) is 0 Å². The van der Waals surface area contributed by atoms with Gasteiger partial charge in [0.25, 0.3) is 0 Å². The Bertz CT molecular complexity index is 709. The maximum atomic E-state index is 4.53. The normalized spacial score (nSPS) is 35.3. The highest BCUT2D eigenvalue weighted by atomic mass is 32.1. The van der Waals surface area contributed by atoms with E-state index in [0.29, 0.717) is 10.8 Å². The molecule has 0 atom stereocenters. The zero-order chi connectivity index (χ0) is 17.8. The lowest BCUT2D eigenvalue weighted by Crippen LogP contribution is -2.55. The van der Waals surface area contributed by atoms with Gasteiger partial charge in [-0.25, -0.2) is 0 Å². The van der Waals surface area contributed by atoms with Gasteiger partial charge in [0.1, 0.15) is 0 Å². The Morgan fingerprint density at radius 2 is 1.27 bits per heavy atom. The van der Waals surface area contributed by atoms with E-state index in [1.165, 1.54) is 38.5 Å². The first kappa shape index (κ1) is 18.1. The minimum absolute atomic E-state index is 0.457. The number of thiol groups is 2. The van der Waals surface area contributed by atoms with Crippen LogP contribution in [0.2, 0.25) is 0 Å². The fourth-order valence-electron chi connectivity index (χ4n) is 7.03. The molecule has 0 nitrogen and oxygen atoms in total. The lowest BCUT2D eigenvalue weighted by Gasteiger charge is -2.62. The molecule has 0 saturated heterocycles. The van der Waals surface area contributed by atoms with Crippen molar-refractivity contribution in [2.24, 2.45) is 11.8 Å². The molecule has 0 spiro atoms. The molecule has 6 rings (SSSR count). The molecule has 0 aromatic carbocycles. The summed E-state index contributed by atoms with van der Waals surface area (Å²) in [4.78, 5) is 3.47. The summed E-state index contributed by atoms with van der Waals surface area (Å²) in [5.41, 5.74) is 4.12. The molecule has 2 aromatic heterocycles. The van der Waals surface area contributed by atoms with Crippen LogP contribution in [-0.2, 0) is 23.7 Å². The topological polar surface area (TPSA) is 0 Å². The van der Waals surface area contributed by atoms with E-state index >= 15 is 0 Å². The Balaban J connectivity index is 1.58. The molecule has 0 N–H and O–H groups in total. The SMILES string of the molecule is SCCc1ccsc1C12CC3CC(C1)CC(c1sccc1CCS)(C3)C2. The van der Waals surface area contributed by atoms with Crippen molar-refractivity contribution in [1.82, 2.24) is 0 Å². The van der Waals surface area contributed by atoms with Crippen LogP contribution in [0.25, 0.3) is 0 Å². The molecule has 4 saturated carbocycles. The monoisotopic (exact) mass is 420 g/mol. The van der Waals surface area contributed by atoms with Gasteiger partial charge in [0.2, 0.25) is 0 Å². The molecule has 4 bridgehead atoms. The fraction of sp³-hybridized carbons (Fsp3) is 0.636. The summed E-state index contributed by atoms with van der Waals surface area (Å²) in [6.07, 6.45) is 10.9. The summed E-state index contributed by atoms with van der Waals surface area (Å²) < 4.78 is 0. The smallest absolute Gasteiger partial charge is 0.0140 e. The first-order chi connectivity index (χ1) is 12.7. The minimum Gasteiger partial charge on any atom is -0.179 e. The van der Waals surface area contributed by atoms with Gasteiger partial charge < -0.3 is 0 Å². The average Bonchev–Trinajstić information content (AvgIpc) is 3.24. The van der Waals surface area contributed by atoms with E-state index in [1.807, 2.05) is 22.7 Å². The van der Waals surface area contributed by atoms with Crippen LogP contribution < -0.4 is 0 Å². The number of aryl methyl sites for hydroxylation is 2. The molecule has 4 aliphatic rings. The standard InChI is InChI=1S/C22H28S4/c23-5-1-17-3-7-25-19(17)21-10-15-9-16(11-21)13-22(12-15,14-21)20-18(2-6-24)4-8-26-20/h3-4,7-8,15-16,23-24H,1-2,5-6,9-14H2. The molecule has 0 aliphatic heterocycles. The molecular weight excluding hydrogens is 393 g/mol. The van der Waals surface area contributed by atoms with Crippen LogP contribution in [0.5, 0.6) is 0 Å². The van der Waals surface area contributed by atoms with E-state index in [0.717, 1.165) is 36.2 Å². The molecule has 4 aliphatic carbocycles. The lowest BCUT2D eigenvalue weighted by atomic mass is 9.43. The average molecular weight is 421 g/mol. The van der Waals surface area contributed by atoms with Crippen LogP contribution in [0.4, 0.5) is 0 Å². The largest absolute Gasteiger partial charge is 0.179 e. The Labute approximate surface area is 176 Å². The third-order valence-electron chi connectivity index (χ3n) is 7.28. The van der Waals surface area contributed by atoms with E-state index in [-0.39, 0.29) is 0 Å². The van der Waals surface area contributed by atoms with Crippen LogP contribution >= 0.6 is 47.9 Å². The molecule has 4 fully saturated rings. The molecule has 0 amide bonds. The second-order valence-electron chi connectivity index (χ2n) is 9.02. The zero-order valence-corrected chi connectivity index (χ0v) is 18.7. The lowest BCUT2D eigenvalue weighted by molar-refractivity contribution is -0.0255. The summed E-state index contributed by atoms with van der Waals surface area (Å²) in [5, 5.41) is 4.69. The van der Waals surface area contributed by atoms with Gasteiger partial charge in [-0.15, -0.1) is 22.7 Å². The first-order valence-corrected chi connectivity index (χ1v) is 13.1. The number of hydrogen-bond acceptors (Lipinski definition) is 4. The van der Waals surface area contributed by atoms with E-state index in [1.54, 1.807) is 20.9 Å². The second-order valence-corrected chi connectivity index (χ2v) is 11.7. The molecule has 2 aromatic rings. The van der Waals surface area contributed by atoms with E-state index < -0.39 is 0 Å². The summed E-state index contributed by atoms with van der Waals surface area (Å²) in [7, 11) is 0. The fourth-order valence-corrected chi connectivity index (χ4v) is 9.87. The van der Waals surface area contributed by atoms with Gasteiger partial charge >= 0.3 is 0 Å². The Morgan fingerprint density at radius 3 is 1.69 bits per heavy atom. The zero-order valence-electron chi connectivity index (χ0n) is 15.2. The van der Waals surface area contributed by atoms with Crippen molar-refractivity contribution in [2.75, 3.05) is 11.5 Å². The number of rotatable bonds is 6. The molecule has 2 heterocycles. The first-order valence-electron chi connectivity index (χ1n) is 10.0. The van der Waals surface area contributed by atoms with Crippen LogP contribution in [-0.4, -0.2) is 11.5 Å². The highest BCUT2D eigenvalue weighted by Crippen LogP contribution is 2.67. The Kier molecular flexibility index (Phi) is 4.79. The van der Waals surface area contributed by atoms with Crippen molar-refractivity contribution in [2.45, 2.75) is 62.2 Å². The third-order valence-corrected chi connectivity index (χ3v) is 10.1. The number of hydrogen-bond donors (Lipinski definition) is 2. The van der Waals surface area contributed by atoms with Gasteiger partial charge in [0.05, 0.1) is 0 Å². The summed E-state index contributed by atoms with van der Waals surface area (Å²) in [6.45, 7) is 0. The van der Waals surface area contributed by atoms with E-state index in [9.17, 15) is 0 Å². The van der Waals surface area contributed by atoms with Crippen molar-refractivity contribution < 1.29 is 0 Å². The van der Waals surface area contributed by atoms with Gasteiger partial charge in [-0.2, -0.15) is 25.3 Å². The molecule has 140 valence electrons. The van der Waals surface area contributed by atoms with Crippen LogP contribution in [0.1, 0.15) is 59.4 Å². The molecule has 26 heavy (non-hydrogen) atoms. The quantitative estimate of drug-likeness (QED) is 0.487. The van der Waals surface area contributed by atoms with Gasteiger partial charge in [-0.3, -0.25) is 0 Å².